The van der Waals surface area contributed by atoms with Crippen molar-refractivity contribution in [2.45, 2.75) is 26.6 Å². The Morgan fingerprint density at radius 2 is 1.26 bits per heavy atom. The number of nitrogens with zero attached hydrogens (tertiary/aromatic N) is 2. The van der Waals surface area contributed by atoms with Crippen LogP contribution < -0.4 is 0 Å². The molecule has 4 nitrogen and oxygen atoms in total. The molecule has 0 N–H and O–H groups in total. The Bertz CT molecular complexity index is 1160. The average Bonchev–Trinajstić information content (AvgIpc) is 2.89. The fourth-order valence-electron chi connectivity index (χ4n) is 3.53. The minimum absolute atomic E-state index is 0.208. The van der Waals surface area contributed by atoms with Crippen LogP contribution in [0.4, 0.5) is 0 Å². The summed E-state index contributed by atoms with van der Waals surface area (Å²) in [6, 6.07) is 39.7. The zero-order valence-corrected chi connectivity index (χ0v) is 20.0. The van der Waals surface area contributed by atoms with Gasteiger partial charge in [-0.1, -0.05) is 103 Å². The van der Waals surface area contributed by atoms with Crippen molar-refractivity contribution in [3.05, 3.63) is 143 Å². The Balaban J connectivity index is 0.000000320. The smallest absolute Gasteiger partial charge is 0.320 e. The molecule has 176 valence electrons. The number of nitriles is 1. The molecule has 0 aliphatic carbocycles. The molecule has 35 heavy (non-hydrogen) atoms. The first kappa shape index (κ1) is 25.4. The van der Waals surface area contributed by atoms with E-state index in [1.165, 1.54) is 11.1 Å². The van der Waals surface area contributed by atoms with Crippen LogP contribution in [0.3, 0.4) is 0 Å². The molecule has 0 unspecified atom stereocenters. The highest BCUT2D eigenvalue weighted by molar-refractivity contribution is 5.71. The molecule has 4 aromatic carbocycles. The van der Waals surface area contributed by atoms with Crippen molar-refractivity contribution in [3.8, 4) is 6.07 Å². The van der Waals surface area contributed by atoms with Gasteiger partial charge < -0.3 is 4.74 Å². The molecule has 0 fully saturated rings. The molecule has 0 heterocycles. The van der Waals surface area contributed by atoms with E-state index in [2.05, 4.69) is 35.2 Å². The van der Waals surface area contributed by atoms with Gasteiger partial charge in [0.2, 0.25) is 0 Å². The lowest BCUT2D eigenvalue weighted by Gasteiger charge is -2.21. The fraction of sp³-hybridized carbons (Fsp3) is 0.161. The molecule has 4 heteroatoms. The molecule has 0 saturated heterocycles. The first-order valence-corrected chi connectivity index (χ1v) is 11.6. The van der Waals surface area contributed by atoms with Gasteiger partial charge in [-0.3, -0.25) is 9.69 Å². The van der Waals surface area contributed by atoms with Crippen LogP contribution in [-0.4, -0.2) is 17.4 Å². The maximum atomic E-state index is 12.3. The van der Waals surface area contributed by atoms with Crippen LogP contribution in [0.2, 0.25) is 0 Å². The minimum atomic E-state index is -0.208. The predicted molar refractivity (Wildman–Crippen MR) is 139 cm³/mol. The fourth-order valence-corrected chi connectivity index (χ4v) is 3.53. The molecule has 0 spiro atoms. The summed E-state index contributed by atoms with van der Waals surface area (Å²) in [6.07, 6.45) is 0. The molecule has 0 amide bonds. The summed E-state index contributed by atoms with van der Waals surface area (Å²) in [5, 5.41) is 8.41. The van der Waals surface area contributed by atoms with E-state index in [9.17, 15) is 4.79 Å². The summed E-state index contributed by atoms with van der Waals surface area (Å²) in [5.74, 6) is -0.208. The monoisotopic (exact) mass is 462 g/mol. The molecule has 0 aromatic heterocycles. The number of benzene rings is 4. The summed E-state index contributed by atoms with van der Waals surface area (Å²) < 4.78 is 5.45. The summed E-state index contributed by atoms with van der Waals surface area (Å²) >= 11 is 0. The predicted octanol–water partition coefficient (Wildman–Crippen LogP) is 6.30. The van der Waals surface area contributed by atoms with Crippen LogP contribution in [0.15, 0.2) is 115 Å². The Labute approximate surface area is 208 Å². The first-order valence-electron chi connectivity index (χ1n) is 11.6. The van der Waals surface area contributed by atoms with E-state index >= 15 is 0 Å². The van der Waals surface area contributed by atoms with Crippen LogP contribution in [0, 0.1) is 18.3 Å². The number of hydrogen-bond acceptors (Lipinski definition) is 4. The molecule has 0 saturated carbocycles. The van der Waals surface area contributed by atoms with E-state index in [0.717, 1.165) is 16.7 Å². The van der Waals surface area contributed by atoms with Gasteiger partial charge in [-0.05, 0) is 41.3 Å². The summed E-state index contributed by atoms with van der Waals surface area (Å²) in [6.45, 7) is 3.95. The highest BCUT2D eigenvalue weighted by Gasteiger charge is 2.13. The molecule has 4 aromatic rings. The van der Waals surface area contributed by atoms with Crippen molar-refractivity contribution in [1.82, 2.24) is 4.90 Å². The first-order chi connectivity index (χ1) is 17.1. The lowest BCUT2D eigenvalue weighted by atomic mass is 10.1. The van der Waals surface area contributed by atoms with Gasteiger partial charge >= 0.3 is 5.97 Å². The molecular formula is C31H30N2O2. The number of carbonyl (C=O) groups excluding carboxylic acids is 1. The second-order valence-corrected chi connectivity index (χ2v) is 8.24. The number of rotatable bonds is 8. The highest BCUT2D eigenvalue weighted by Crippen LogP contribution is 2.11. The Morgan fingerprint density at radius 1 is 0.743 bits per heavy atom. The molecule has 4 rings (SSSR count). The molecule has 0 bridgehead atoms. The van der Waals surface area contributed by atoms with E-state index in [4.69, 9.17) is 10.00 Å². The number of ether oxygens (including phenoxy) is 1. The highest BCUT2D eigenvalue weighted by atomic mass is 16.5. The SMILES string of the molecule is Cc1cccc(C#N)c1.O=C(CN(Cc1ccccc1)Cc1ccccc1)OCc1ccccc1. The molecule has 0 aliphatic heterocycles. The van der Waals surface area contributed by atoms with Crippen LogP contribution in [0.1, 0.15) is 27.8 Å². The van der Waals surface area contributed by atoms with Crippen LogP contribution in [0.5, 0.6) is 0 Å². The Kier molecular flexibility index (Phi) is 10.3. The third-order valence-corrected chi connectivity index (χ3v) is 5.24. The zero-order valence-electron chi connectivity index (χ0n) is 20.0. The van der Waals surface area contributed by atoms with Gasteiger partial charge in [-0.2, -0.15) is 5.26 Å². The lowest BCUT2D eigenvalue weighted by molar-refractivity contribution is -0.146. The van der Waals surface area contributed by atoms with Crippen molar-refractivity contribution in [1.29, 1.82) is 5.26 Å². The van der Waals surface area contributed by atoms with Gasteiger partial charge in [-0.25, -0.2) is 0 Å². The number of esters is 1. The summed E-state index contributed by atoms with van der Waals surface area (Å²) in [5.41, 5.74) is 5.22. The zero-order chi connectivity index (χ0) is 24.7. The van der Waals surface area contributed by atoms with Crippen molar-refractivity contribution >= 4 is 5.97 Å². The van der Waals surface area contributed by atoms with Gasteiger partial charge in [0, 0.05) is 13.1 Å². The third kappa shape index (κ3) is 9.67. The van der Waals surface area contributed by atoms with Crippen molar-refractivity contribution < 1.29 is 9.53 Å². The normalized spacial score (nSPS) is 10.1. The molecular weight excluding hydrogens is 432 g/mol. The Hall–Kier alpha value is -4.20. The topological polar surface area (TPSA) is 53.3 Å². The Morgan fingerprint density at radius 3 is 1.71 bits per heavy atom. The van der Waals surface area contributed by atoms with E-state index in [0.29, 0.717) is 19.7 Å². The van der Waals surface area contributed by atoms with Gasteiger partial charge in [0.05, 0.1) is 18.2 Å². The van der Waals surface area contributed by atoms with Crippen molar-refractivity contribution in [2.75, 3.05) is 6.54 Å². The lowest BCUT2D eigenvalue weighted by Crippen LogP contribution is -2.30. The van der Waals surface area contributed by atoms with E-state index in [1.54, 1.807) is 6.07 Å². The van der Waals surface area contributed by atoms with Crippen molar-refractivity contribution in [3.63, 3.8) is 0 Å². The second-order valence-electron chi connectivity index (χ2n) is 8.24. The summed E-state index contributed by atoms with van der Waals surface area (Å²) in [7, 11) is 0. The number of aryl methyl sites for hydroxylation is 1. The van der Waals surface area contributed by atoms with Crippen molar-refractivity contribution in [2.24, 2.45) is 0 Å². The number of hydrogen-bond donors (Lipinski definition) is 0. The van der Waals surface area contributed by atoms with Crippen LogP contribution in [0.25, 0.3) is 0 Å². The molecule has 0 aliphatic rings. The summed E-state index contributed by atoms with van der Waals surface area (Å²) in [4.78, 5) is 14.5. The van der Waals surface area contributed by atoms with Gasteiger partial charge in [-0.15, -0.1) is 0 Å². The quantitative estimate of drug-likeness (QED) is 0.288. The average molecular weight is 463 g/mol. The second kappa shape index (κ2) is 14.1. The molecule has 0 atom stereocenters. The van der Waals surface area contributed by atoms with Gasteiger partial charge in [0.25, 0.3) is 0 Å². The molecule has 0 radical (unpaired) electrons. The maximum Gasteiger partial charge on any atom is 0.320 e. The van der Waals surface area contributed by atoms with Crippen LogP contribution >= 0.6 is 0 Å². The van der Waals surface area contributed by atoms with Gasteiger partial charge in [0.15, 0.2) is 0 Å². The number of carbonyl (C=O) groups is 1. The minimum Gasteiger partial charge on any atom is -0.460 e. The van der Waals surface area contributed by atoms with Gasteiger partial charge in [0.1, 0.15) is 6.61 Å². The van der Waals surface area contributed by atoms with Crippen LogP contribution in [-0.2, 0) is 29.2 Å². The maximum absolute atomic E-state index is 12.3. The third-order valence-electron chi connectivity index (χ3n) is 5.24. The van der Waals surface area contributed by atoms with E-state index in [1.807, 2.05) is 91.9 Å². The van der Waals surface area contributed by atoms with E-state index in [-0.39, 0.29) is 12.5 Å². The largest absolute Gasteiger partial charge is 0.460 e. The standard InChI is InChI=1S/C23H23NO2.C8H7N/c25-23(26-19-22-14-8-3-9-15-22)18-24(16-20-10-4-1-5-11-20)17-21-12-6-2-7-13-21;1-7-3-2-4-8(5-7)6-9/h1-15H,16-19H2;2-5H,1H3. The van der Waals surface area contributed by atoms with E-state index < -0.39 is 0 Å².